The number of hydrogen-bond donors (Lipinski definition) is 1. The highest BCUT2D eigenvalue weighted by molar-refractivity contribution is 5.91. The second-order valence-corrected chi connectivity index (χ2v) is 4.68. The van der Waals surface area contributed by atoms with Crippen LogP contribution in [0.25, 0.3) is 0 Å². The molecule has 0 fully saturated rings. The number of halogens is 2. The minimum absolute atomic E-state index is 0.00659. The van der Waals surface area contributed by atoms with Gasteiger partial charge in [-0.1, -0.05) is 0 Å². The summed E-state index contributed by atoms with van der Waals surface area (Å²) in [6, 6.07) is 1.98. The summed E-state index contributed by atoms with van der Waals surface area (Å²) in [4.78, 5) is 11.6. The maximum Gasteiger partial charge on any atom is 0.344 e. The van der Waals surface area contributed by atoms with E-state index in [0.717, 1.165) is 12.1 Å². The molecule has 0 aliphatic rings. The highest BCUT2D eigenvalue weighted by atomic mass is 19.1. The summed E-state index contributed by atoms with van der Waals surface area (Å²) in [5, 5.41) is 0. The number of nitrogen functional groups attached to an aromatic ring is 1. The average molecular weight is 273 g/mol. The third-order valence-electron chi connectivity index (χ3n) is 2.81. The molecule has 1 rings (SSSR count). The lowest BCUT2D eigenvalue weighted by molar-refractivity contribution is -0.00587. The van der Waals surface area contributed by atoms with Crippen molar-refractivity contribution >= 4 is 11.7 Å². The lowest BCUT2D eigenvalue weighted by Crippen LogP contribution is -2.25. The van der Waals surface area contributed by atoms with E-state index in [2.05, 4.69) is 0 Å². The van der Waals surface area contributed by atoms with Gasteiger partial charge >= 0.3 is 5.97 Å². The summed E-state index contributed by atoms with van der Waals surface area (Å²) in [6.07, 6.45) is 0.404. The number of hydrogen-bond acceptors (Lipinski definition) is 4. The lowest BCUT2D eigenvalue weighted by atomic mass is 10.1. The highest BCUT2D eigenvalue weighted by Gasteiger charge is 2.22. The van der Waals surface area contributed by atoms with E-state index in [0.29, 0.717) is 6.42 Å². The number of ether oxygens (including phenoxy) is 2. The fourth-order valence-corrected chi connectivity index (χ4v) is 1.32. The molecule has 6 heteroatoms. The number of methoxy groups -OCH3 is 1. The van der Waals surface area contributed by atoms with Crippen molar-refractivity contribution in [2.24, 2.45) is 0 Å². The van der Waals surface area contributed by atoms with Gasteiger partial charge in [-0.3, -0.25) is 0 Å². The minimum Gasteiger partial charge on any atom is -0.462 e. The molecule has 2 N–H and O–H groups in total. The first-order valence-electron chi connectivity index (χ1n) is 5.74. The molecule has 4 nitrogen and oxygen atoms in total. The number of carbonyl (C=O) groups is 1. The number of benzene rings is 1. The normalized spacial score (nSPS) is 11.4. The molecule has 19 heavy (non-hydrogen) atoms. The predicted molar refractivity (Wildman–Crippen MR) is 66.8 cm³/mol. The molecule has 0 spiro atoms. The summed E-state index contributed by atoms with van der Waals surface area (Å²) >= 11 is 0. The first kappa shape index (κ1) is 15.4. The Morgan fingerprint density at radius 1 is 1.37 bits per heavy atom. The molecule has 0 aromatic heterocycles. The molecule has 0 amide bonds. The maximum atomic E-state index is 13.5. The van der Waals surface area contributed by atoms with Crippen molar-refractivity contribution in [2.45, 2.75) is 25.9 Å². The van der Waals surface area contributed by atoms with Gasteiger partial charge in [-0.05, 0) is 26.0 Å². The second-order valence-electron chi connectivity index (χ2n) is 4.68. The Bertz CT molecular complexity index is 475. The fourth-order valence-electron chi connectivity index (χ4n) is 1.32. The first-order valence-corrected chi connectivity index (χ1v) is 5.74. The molecule has 0 aliphatic carbocycles. The maximum absolute atomic E-state index is 13.5. The Hall–Kier alpha value is -1.69. The summed E-state index contributed by atoms with van der Waals surface area (Å²) < 4.78 is 36.9. The molecule has 0 unspecified atom stereocenters. The largest absolute Gasteiger partial charge is 0.462 e. The number of nitrogens with two attached hydrogens (primary N) is 1. The van der Waals surface area contributed by atoms with Crippen LogP contribution in [0.4, 0.5) is 14.5 Å². The zero-order valence-corrected chi connectivity index (χ0v) is 11.1. The lowest BCUT2D eigenvalue weighted by Gasteiger charge is -2.22. The highest BCUT2D eigenvalue weighted by Crippen LogP contribution is 2.20. The molecule has 0 saturated heterocycles. The van der Waals surface area contributed by atoms with Crippen LogP contribution in [-0.4, -0.2) is 25.3 Å². The van der Waals surface area contributed by atoms with E-state index in [9.17, 15) is 13.6 Å². The van der Waals surface area contributed by atoms with Gasteiger partial charge in [0.05, 0.1) is 17.9 Å². The summed E-state index contributed by atoms with van der Waals surface area (Å²) in [5.41, 5.74) is 3.73. The number of rotatable bonds is 5. The quantitative estimate of drug-likeness (QED) is 0.661. The third kappa shape index (κ3) is 3.89. The Kier molecular flexibility index (Phi) is 4.83. The molecular weight excluding hydrogens is 256 g/mol. The third-order valence-corrected chi connectivity index (χ3v) is 2.81. The molecule has 0 saturated carbocycles. The van der Waals surface area contributed by atoms with Crippen LogP contribution < -0.4 is 5.73 Å². The van der Waals surface area contributed by atoms with Gasteiger partial charge in [0.2, 0.25) is 0 Å². The van der Waals surface area contributed by atoms with E-state index in [-0.39, 0.29) is 12.3 Å². The van der Waals surface area contributed by atoms with Crippen LogP contribution in [0.2, 0.25) is 0 Å². The van der Waals surface area contributed by atoms with E-state index in [1.807, 2.05) is 13.8 Å². The minimum atomic E-state index is -1.10. The van der Waals surface area contributed by atoms with E-state index in [1.165, 1.54) is 7.11 Å². The Morgan fingerprint density at radius 2 is 2.00 bits per heavy atom. The van der Waals surface area contributed by atoms with Gasteiger partial charge in [0.15, 0.2) is 5.82 Å². The SMILES string of the molecule is COC(C)(C)CCOC(=O)c1c(F)ccc(N)c1F. The van der Waals surface area contributed by atoms with Gasteiger partial charge in [-0.25, -0.2) is 13.6 Å². The molecule has 0 heterocycles. The van der Waals surface area contributed by atoms with E-state index in [4.69, 9.17) is 15.2 Å². The van der Waals surface area contributed by atoms with Crippen molar-refractivity contribution in [3.05, 3.63) is 29.3 Å². The van der Waals surface area contributed by atoms with Gasteiger partial charge in [-0.2, -0.15) is 0 Å². The van der Waals surface area contributed by atoms with Crippen LogP contribution in [-0.2, 0) is 9.47 Å². The molecule has 0 bridgehead atoms. The van der Waals surface area contributed by atoms with Crippen LogP contribution in [0.15, 0.2) is 12.1 Å². The van der Waals surface area contributed by atoms with E-state index < -0.39 is 28.8 Å². The van der Waals surface area contributed by atoms with Gasteiger partial charge in [0, 0.05) is 13.5 Å². The Balaban J connectivity index is 2.72. The standard InChI is InChI=1S/C13H17F2NO3/c1-13(2,18-3)6-7-19-12(17)10-8(14)4-5-9(16)11(10)15/h4-5H,6-7,16H2,1-3H3. The van der Waals surface area contributed by atoms with Crippen LogP contribution in [0, 0.1) is 11.6 Å². The van der Waals surface area contributed by atoms with Crippen molar-refractivity contribution in [1.82, 2.24) is 0 Å². The molecule has 0 atom stereocenters. The fraction of sp³-hybridized carbons (Fsp3) is 0.462. The van der Waals surface area contributed by atoms with Crippen LogP contribution in [0.1, 0.15) is 30.6 Å². The Labute approximate surface area is 110 Å². The first-order chi connectivity index (χ1) is 8.78. The van der Waals surface area contributed by atoms with Crippen LogP contribution >= 0.6 is 0 Å². The molecule has 106 valence electrons. The van der Waals surface area contributed by atoms with Crippen molar-refractivity contribution in [2.75, 3.05) is 19.5 Å². The van der Waals surface area contributed by atoms with Gasteiger partial charge in [0.25, 0.3) is 0 Å². The van der Waals surface area contributed by atoms with Crippen molar-refractivity contribution < 1.29 is 23.0 Å². The van der Waals surface area contributed by atoms with Crippen molar-refractivity contribution in [3.63, 3.8) is 0 Å². The summed E-state index contributed by atoms with van der Waals surface area (Å²) in [7, 11) is 1.53. The smallest absolute Gasteiger partial charge is 0.344 e. The molecular formula is C13H17F2NO3. The van der Waals surface area contributed by atoms with Crippen LogP contribution in [0.3, 0.4) is 0 Å². The second kappa shape index (κ2) is 5.97. The number of carbonyl (C=O) groups excluding carboxylic acids is 1. The zero-order valence-electron chi connectivity index (χ0n) is 11.1. The molecule has 0 aliphatic heterocycles. The molecule has 0 radical (unpaired) electrons. The van der Waals surface area contributed by atoms with Crippen molar-refractivity contribution in [1.29, 1.82) is 0 Å². The predicted octanol–water partition coefficient (Wildman–Crippen LogP) is 2.52. The number of anilines is 1. The summed E-state index contributed by atoms with van der Waals surface area (Å²) in [5.74, 6) is -3.17. The molecule has 1 aromatic rings. The van der Waals surface area contributed by atoms with Gasteiger partial charge < -0.3 is 15.2 Å². The van der Waals surface area contributed by atoms with Gasteiger partial charge in [-0.15, -0.1) is 0 Å². The average Bonchev–Trinajstić information content (AvgIpc) is 2.34. The zero-order chi connectivity index (χ0) is 14.6. The van der Waals surface area contributed by atoms with E-state index in [1.54, 1.807) is 0 Å². The van der Waals surface area contributed by atoms with Gasteiger partial charge in [0.1, 0.15) is 11.4 Å². The van der Waals surface area contributed by atoms with E-state index >= 15 is 0 Å². The van der Waals surface area contributed by atoms with Crippen molar-refractivity contribution in [3.8, 4) is 0 Å². The molecule has 1 aromatic carbocycles. The monoisotopic (exact) mass is 273 g/mol. The van der Waals surface area contributed by atoms with Crippen LogP contribution in [0.5, 0.6) is 0 Å². The topological polar surface area (TPSA) is 61.5 Å². The summed E-state index contributed by atoms with van der Waals surface area (Å²) in [6.45, 7) is 3.61. The number of esters is 1. The Morgan fingerprint density at radius 3 is 2.58 bits per heavy atom.